The van der Waals surface area contributed by atoms with Gasteiger partial charge >= 0.3 is 0 Å². The van der Waals surface area contributed by atoms with Crippen molar-refractivity contribution in [3.63, 3.8) is 0 Å². The SMILES string of the molecule is Cc1noc(C)c1CC(=O)N1CCN(c2ccc3nc(C4CC4)cn3c2)CC1. The van der Waals surface area contributed by atoms with Crippen LogP contribution in [0.4, 0.5) is 5.69 Å². The smallest absolute Gasteiger partial charge is 0.227 e. The van der Waals surface area contributed by atoms with E-state index in [1.54, 1.807) is 0 Å². The van der Waals surface area contributed by atoms with Crippen molar-refractivity contribution in [2.75, 3.05) is 31.1 Å². The van der Waals surface area contributed by atoms with Gasteiger partial charge in [-0.3, -0.25) is 4.79 Å². The van der Waals surface area contributed by atoms with E-state index in [2.05, 4.69) is 39.0 Å². The zero-order valence-electron chi connectivity index (χ0n) is 16.4. The van der Waals surface area contributed by atoms with E-state index in [0.717, 1.165) is 48.8 Å². The van der Waals surface area contributed by atoms with Crippen LogP contribution in [0.5, 0.6) is 0 Å². The molecular formula is C21H25N5O2. The highest BCUT2D eigenvalue weighted by atomic mass is 16.5. The normalized spacial score (nSPS) is 17.5. The highest BCUT2D eigenvalue weighted by Gasteiger charge is 2.27. The van der Waals surface area contributed by atoms with Crippen LogP contribution in [0.1, 0.15) is 41.5 Å². The molecule has 0 N–H and O–H groups in total. The van der Waals surface area contributed by atoms with E-state index in [1.807, 2.05) is 18.7 Å². The minimum atomic E-state index is 0.146. The summed E-state index contributed by atoms with van der Waals surface area (Å²) >= 11 is 0. The van der Waals surface area contributed by atoms with E-state index in [4.69, 9.17) is 9.51 Å². The van der Waals surface area contributed by atoms with E-state index < -0.39 is 0 Å². The zero-order valence-corrected chi connectivity index (χ0v) is 16.4. The second-order valence-electron chi connectivity index (χ2n) is 7.94. The third kappa shape index (κ3) is 3.15. The van der Waals surface area contributed by atoms with Crippen molar-refractivity contribution in [1.82, 2.24) is 19.4 Å². The minimum Gasteiger partial charge on any atom is -0.367 e. The molecule has 5 rings (SSSR count). The van der Waals surface area contributed by atoms with Gasteiger partial charge in [0.1, 0.15) is 11.4 Å². The molecule has 146 valence electrons. The monoisotopic (exact) mass is 379 g/mol. The Bertz CT molecular complexity index is 1010. The average molecular weight is 379 g/mol. The maximum absolute atomic E-state index is 12.7. The molecule has 2 aliphatic rings. The van der Waals surface area contributed by atoms with Crippen LogP contribution in [0.3, 0.4) is 0 Å². The molecule has 2 fully saturated rings. The third-order valence-electron chi connectivity index (χ3n) is 5.96. The number of fused-ring (bicyclic) bond motifs is 1. The standard InChI is InChI=1S/C21H25N5O2/c1-14-18(15(2)28-23-14)11-21(27)25-9-7-24(8-10-25)17-5-6-20-22-19(16-3-4-16)13-26(20)12-17/h5-6,12-13,16H,3-4,7-11H2,1-2H3. The lowest BCUT2D eigenvalue weighted by molar-refractivity contribution is -0.130. The predicted molar refractivity (Wildman–Crippen MR) is 106 cm³/mol. The quantitative estimate of drug-likeness (QED) is 0.697. The number of hydrogen-bond acceptors (Lipinski definition) is 5. The first-order valence-corrected chi connectivity index (χ1v) is 10.0. The molecule has 0 unspecified atom stereocenters. The number of aromatic nitrogens is 3. The Kier molecular flexibility index (Phi) is 4.10. The van der Waals surface area contributed by atoms with Gasteiger partial charge in [-0.25, -0.2) is 4.98 Å². The Morgan fingerprint density at radius 2 is 1.93 bits per heavy atom. The molecule has 3 aromatic heterocycles. The second-order valence-corrected chi connectivity index (χ2v) is 7.94. The number of rotatable bonds is 4. The molecule has 0 atom stereocenters. The summed E-state index contributed by atoms with van der Waals surface area (Å²) in [6, 6.07) is 4.23. The Balaban J connectivity index is 1.24. The number of aryl methyl sites for hydroxylation is 2. The first-order chi connectivity index (χ1) is 13.6. The van der Waals surface area contributed by atoms with Gasteiger partial charge in [0.05, 0.1) is 23.5 Å². The van der Waals surface area contributed by atoms with Crippen LogP contribution in [0.2, 0.25) is 0 Å². The average Bonchev–Trinajstić information content (AvgIpc) is 3.41. The largest absolute Gasteiger partial charge is 0.367 e. The number of carbonyl (C=O) groups is 1. The van der Waals surface area contributed by atoms with Crippen molar-refractivity contribution in [2.45, 2.75) is 39.0 Å². The summed E-state index contributed by atoms with van der Waals surface area (Å²) in [4.78, 5) is 21.7. The molecule has 3 aromatic rings. The lowest BCUT2D eigenvalue weighted by Gasteiger charge is -2.36. The summed E-state index contributed by atoms with van der Waals surface area (Å²) in [5.41, 5.74) is 5.14. The molecule has 1 amide bonds. The van der Waals surface area contributed by atoms with E-state index in [1.165, 1.54) is 24.2 Å². The van der Waals surface area contributed by atoms with Crippen molar-refractivity contribution < 1.29 is 9.32 Å². The highest BCUT2D eigenvalue weighted by molar-refractivity contribution is 5.79. The number of imidazole rings is 1. The van der Waals surface area contributed by atoms with Gasteiger partial charge in [-0.15, -0.1) is 0 Å². The lowest BCUT2D eigenvalue weighted by atomic mass is 10.1. The van der Waals surface area contributed by atoms with Crippen LogP contribution < -0.4 is 4.90 Å². The number of piperazine rings is 1. The first-order valence-electron chi connectivity index (χ1n) is 10.0. The van der Waals surface area contributed by atoms with Crippen LogP contribution in [0, 0.1) is 13.8 Å². The molecular weight excluding hydrogens is 354 g/mol. The molecule has 0 aromatic carbocycles. The number of nitrogens with zero attached hydrogens (tertiary/aromatic N) is 5. The lowest BCUT2D eigenvalue weighted by Crippen LogP contribution is -2.49. The fourth-order valence-corrected chi connectivity index (χ4v) is 3.99. The summed E-state index contributed by atoms with van der Waals surface area (Å²) in [5, 5.41) is 3.95. The number of hydrogen-bond donors (Lipinski definition) is 0. The Morgan fingerprint density at radius 1 is 1.14 bits per heavy atom. The molecule has 0 radical (unpaired) electrons. The maximum atomic E-state index is 12.7. The molecule has 1 saturated carbocycles. The third-order valence-corrected chi connectivity index (χ3v) is 5.96. The van der Waals surface area contributed by atoms with Crippen LogP contribution in [0.15, 0.2) is 29.0 Å². The van der Waals surface area contributed by atoms with Crippen molar-refractivity contribution in [3.8, 4) is 0 Å². The fraction of sp³-hybridized carbons (Fsp3) is 0.476. The Labute approximate surface area is 163 Å². The topological polar surface area (TPSA) is 66.9 Å². The summed E-state index contributed by atoms with van der Waals surface area (Å²) in [5.74, 6) is 1.55. The van der Waals surface area contributed by atoms with Crippen LogP contribution in [-0.2, 0) is 11.2 Å². The van der Waals surface area contributed by atoms with Gasteiger partial charge in [0.15, 0.2) is 0 Å². The summed E-state index contributed by atoms with van der Waals surface area (Å²) < 4.78 is 7.31. The first kappa shape index (κ1) is 17.3. The van der Waals surface area contributed by atoms with Gasteiger partial charge < -0.3 is 18.7 Å². The van der Waals surface area contributed by atoms with Gasteiger partial charge in [0.2, 0.25) is 5.91 Å². The van der Waals surface area contributed by atoms with Gasteiger partial charge in [0, 0.05) is 50.1 Å². The predicted octanol–water partition coefficient (Wildman–Crippen LogP) is 2.71. The van der Waals surface area contributed by atoms with Crippen molar-refractivity contribution in [1.29, 1.82) is 0 Å². The number of pyridine rings is 1. The maximum Gasteiger partial charge on any atom is 0.227 e. The van der Waals surface area contributed by atoms with Crippen LogP contribution in [0.25, 0.3) is 5.65 Å². The number of anilines is 1. The molecule has 0 bridgehead atoms. The molecule has 7 heteroatoms. The number of amides is 1. The number of carbonyl (C=O) groups excluding carboxylic acids is 1. The van der Waals surface area contributed by atoms with E-state index in [9.17, 15) is 4.79 Å². The van der Waals surface area contributed by atoms with Gasteiger partial charge in [0.25, 0.3) is 0 Å². The fourth-order valence-electron chi connectivity index (χ4n) is 3.99. The van der Waals surface area contributed by atoms with Crippen molar-refractivity contribution in [2.24, 2.45) is 0 Å². The molecule has 1 saturated heterocycles. The Morgan fingerprint density at radius 3 is 2.61 bits per heavy atom. The molecule has 7 nitrogen and oxygen atoms in total. The van der Waals surface area contributed by atoms with Gasteiger partial charge in [-0.05, 0) is 38.8 Å². The van der Waals surface area contributed by atoms with E-state index in [-0.39, 0.29) is 5.91 Å². The van der Waals surface area contributed by atoms with Crippen molar-refractivity contribution in [3.05, 3.63) is 47.2 Å². The Hall–Kier alpha value is -2.83. The molecule has 4 heterocycles. The second kappa shape index (κ2) is 6.65. The van der Waals surface area contributed by atoms with Crippen molar-refractivity contribution >= 4 is 17.2 Å². The summed E-state index contributed by atoms with van der Waals surface area (Å²) in [7, 11) is 0. The highest BCUT2D eigenvalue weighted by Crippen LogP contribution is 2.39. The molecule has 0 spiro atoms. The molecule has 1 aliphatic carbocycles. The molecule has 1 aliphatic heterocycles. The summed E-state index contributed by atoms with van der Waals surface area (Å²) in [6.45, 7) is 6.89. The van der Waals surface area contributed by atoms with Gasteiger partial charge in [-0.1, -0.05) is 5.16 Å². The van der Waals surface area contributed by atoms with E-state index >= 15 is 0 Å². The molecule has 28 heavy (non-hydrogen) atoms. The zero-order chi connectivity index (χ0) is 19.3. The van der Waals surface area contributed by atoms with E-state index in [0.29, 0.717) is 12.3 Å². The van der Waals surface area contributed by atoms with Gasteiger partial charge in [-0.2, -0.15) is 0 Å². The van der Waals surface area contributed by atoms with Crippen LogP contribution >= 0.6 is 0 Å². The van der Waals surface area contributed by atoms with Crippen LogP contribution in [-0.4, -0.2) is 51.5 Å². The summed E-state index contributed by atoms with van der Waals surface area (Å²) in [6.07, 6.45) is 7.23. The minimum absolute atomic E-state index is 0.146.